The lowest BCUT2D eigenvalue weighted by atomic mass is 10.1. The summed E-state index contributed by atoms with van der Waals surface area (Å²) in [5, 5.41) is 2.62. The van der Waals surface area contributed by atoms with Gasteiger partial charge in [0.2, 0.25) is 0 Å². The molecular weight excluding hydrogens is 316 g/mol. The van der Waals surface area contributed by atoms with E-state index in [-0.39, 0.29) is 17.7 Å². The van der Waals surface area contributed by atoms with Gasteiger partial charge < -0.3 is 10.1 Å². The molecule has 5 heteroatoms. The summed E-state index contributed by atoms with van der Waals surface area (Å²) < 4.78 is 5.74. The largest absolute Gasteiger partial charge is 0.491 e. The van der Waals surface area contributed by atoms with Crippen molar-refractivity contribution in [3.63, 3.8) is 0 Å². The van der Waals surface area contributed by atoms with Gasteiger partial charge in [0, 0.05) is 0 Å². The molecule has 3 amide bonds. The predicted octanol–water partition coefficient (Wildman–Crippen LogP) is 3.96. The molecular formula is C20H20N2O3. The number of urea groups is 1. The average molecular weight is 336 g/mol. The molecule has 1 fully saturated rings. The van der Waals surface area contributed by atoms with Gasteiger partial charge in [-0.25, -0.2) is 9.69 Å². The highest BCUT2D eigenvalue weighted by molar-refractivity contribution is 6.28. The summed E-state index contributed by atoms with van der Waals surface area (Å²) in [6.07, 6.45) is 2.75. The summed E-state index contributed by atoms with van der Waals surface area (Å²) in [4.78, 5) is 25.8. The number of ether oxygens (including phenoxy) is 1. The van der Waals surface area contributed by atoms with E-state index in [0.717, 1.165) is 22.6 Å². The van der Waals surface area contributed by atoms with Gasteiger partial charge >= 0.3 is 6.03 Å². The highest BCUT2D eigenvalue weighted by atomic mass is 16.5. The Morgan fingerprint density at radius 1 is 1.08 bits per heavy atom. The molecule has 1 aliphatic heterocycles. The quantitative estimate of drug-likeness (QED) is 0.664. The molecule has 2 aromatic carbocycles. The fourth-order valence-corrected chi connectivity index (χ4v) is 2.47. The zero-order chi connectivity index (χ0) is 17.8. The fourth-order valence-electron chi connectivity index (χ4n) is 2.47. The van der Waals surface area contributed by atoms with E-state index in [9.17, 15) is 9.59 Å². The van der Waals surface area contributed by atoms with Crippen LogP contribution < -0.4 is 15.0 Å². The molecule has 0 spiro atoms. The summed E-state index contributed by atoms with van der Waals surface area (Å²) in [5.41, 5.74) is 1.62. The Morgan fingerprint density at radius 3 is 2.40 bits per heavy atom. The van der Waals surface area contributed by atoms with E-state index in [4.69, 9.17) is 4.74 Å². The molecule has 128 valence electrons. The van der Waals surface area contributed by atoms with Crippen LogP contribution in [0.2, 0.25) is 0 Å². The van der Waals surface area contributed by atoms with E-state index >= 15 is 0 Å². The van der Waals surface area contributed by atoms with Crippen molar-refractivity contribution in [2.75, 3.05) is 4.90 Å². The second-order valence-electron chi connectivity index (χ2n) is 5.87. The van der Waals surface area contributed by atoms with Crippen LogP contribution in [0.4, 0.5) is 10.5 Å². The van der Waals surface area contributed by atoms with Crippen LogP contribution in [0.25, 0.3) is 6.08 Å². The number of nitrogens with zero attached hydrogens (tertiary/aromatic N) is 1. The minimum atomic E-state index is -0.445. The summed E-state index contributed by atoms with van der Waals surface area (Å²) in [6, 6.07) is 15.8. The molecule has 2 aromatic rings. The fraction of sp³-hybridized carbons (Fsp3) is 0.200. The van der Waals surface area contributed by atoms with Crippen molar-refractivity contribution in [2.24, 2.45) is 0 Å². The van der Waals surface area contributed by atoms with Crippen LogP contribution >= 0.6 is 0 Å². The zero-order valence-corrected chi connectivity index (χ0v) is 14.2. The maximum atomic E-state index is 12.5. The number of para-hydroxylation sites is 1. The number of amides is 3. The number of hydrogen-bond donors (Lipinski definition) is 1. The molecule has 1 atom stereocenters. The molecule has 0 radical (unpaired) electrons. The van der Waals surface area contributed by atoms with Gasteiger partial charge in [0.05, 0.1) is 11.8 Å². The summed E-state index contributed by atoms with van der Waals surface area (Å²) >= 11 is 0. The molecule has 0 aliphatic carbocycles. The van der Waals surface area contributed by atoms with E-state index < -0.39 is 6.03 Å². The van der Waals surface area contributed by atoms with Gasteiger partial charge in [-0.05, 0) is 49.2 Å². The maximum absolute atomic E-state index is 12.5. The number of carbonyl (C=O) groups excluding carboxylic acids is 2. The number of anilines is 1. The molecule has 1 aliphatic rings. The lowest BCUT2D eigenvalue weighted by Gasteiger charge is -2.12. The lowest BCUT2D eigenvalue weighted by Crippen LogP contribution is -2.30. The van der Waals surface area contributed by atoms with E-state index in [1.807, 2.05) is 37.3 Å². The average Bonchev–Trinajstić information content (AvgIpc) is 2.90. The van der Waals surface area contributed by atoms with Crippen LogP contribution in [-0.4, -0.2) is 18.0 Å². The van der Waals surface area contributed by atoms with Crippen molar-refractivity contribution in [1.82, 2.24) is 5.32 Å². The second-order valence-corrected chi connectivity index (χ2v) is 5.87. The molecule has 0 saturated carbocycles. The smallest absolute Gasteiger partial charge is 0.333 e. The second kappa shape index (κ2) is 7.21. The van der Waals surface area contributed by atoms with E-state index in [0.29, 0.717) is 5.69 Å². The molecule has 1 saturated heterocycles. The molecule has 0 unspecified atom stereocenters. The summed E-state index contributed by atoms with van der Waals surface area (Å²) in [7, 11) is 0. The van der Waals surface area contributed by atoms with Crippen LogP contribution in [0.1, 0.15) is 25.8 Å². The highest BCUT2D eigenvalue weighted by Gasteiger charge is 2.34. The monoisotopic (exact) mass is 336 g/mol. The molecule has 5 nitrogen and oxygen atoms in total. The number of rotatable bonds is 5. The van der Waals surface area contributed by atoms with Crippen LogP contribution in [-0.2, 0) is 4.79 Å². The highest BCUT2D eigenvalue weighted by Crippen LogP contribution is 2.22. The third-order valence-electron chi connectivity index (χ3n) is 4.00. The van der Waals surface area contributed by atoms with Gasteiger partial charge in [-0.2, -0.15) is 0 Å². The SMILES string of the molecule is CC[C@H](C)Oc1ccc(/C=C2\NC(=O)N(c3ccccc3)C2=O)cc1. The first-order chi connectivity index (χ1) is 12.1. The van der Waals surface area contributed by atoms with Crippen molar-refractivity contribution >= 4 is 23.7 Å². The van der Waals surface area contributed by atoms with Crippen LogP contribution in [0.15, 0.2) is 60.3 Å². The Kier molecular flexibility index (Phi) is 4.84. The van der Waals surface area contributed by atoms with Gasteiger partial charge in [-0.15, -0.1) is 0 Å². The topological polar surface area (TPSA) is 58.6 Å². The number of imide groups is 1. The Balaban J connectivity index is 1.78. The zero-order valence-electron chi connectivity index (χ0n) is 14.2. The first-order valence-corrected chi connectivity index (χ1v) is 8.27. The standard InChI is InChI=1S/C20H20N2O3/c1-3-14(2)25-17-11-9-15(10-12-17)13-18-19(23)22(20(24)21-18)16-7-5-4-6-8-16/h4-14H,3H2,1-2H3,(H,21,24)/b18-13-/t14-/m0/s1. The Bertz CT molecular complexity index is 797. The minimum absolute atomic E-state index is 0.152. The first kappa shape index (κ1) is 16.8. The number of benzene rings is 2. The van der Waals surface area contributed by atoms with Crippen LogP contribution in [0, 0.1) is 0 Å². The Morgan fingerprint density at radius 2 is 1.76 bits per heavy atom. The van der Waals surface area contributed by atoms with Crippen molar-refractivity contribution in [3.8, 4) is 5.75 Å². The van der Waals surface area contributed by atoms with Gasteiger partial charge in [-0.3, -0.25) is 4.79 Å². The van der Waals surface area contributed by atoms with Gasteiger partial charge in [-0.1, -0.05) is 37.3 Å². The van der Waals surface area contributed by atoms with E-state index in [1.165, 1.54) is 0 Å². The van der Waals surface area contributed by atoms with E-state index in [2.05, 4.69) is 12.2 Å². The van der Waals surface area contributed by atoms with Crippen LogP contribution in [0.5, 0.6) is 5.75 Å². The third kappa shape index (κ3) is 3.71. The van der Waals surface area contributed by atoms with Crippen molar-refractivity contribution < 1.29 is 14.3 Å². The van der Waals surface area contributed by atoms with Gasteiger partial charge in [0.25, 0.3) is 5.91 Å². The number of nitrogens with one attached hydrogen (secondary N) is 1. The predicted molar refractivity (Wildman–Crippen MR) is 97.3 cm³/mol. The van der Waals surface area contributed by atoms with Gasteiger partial charge in [0.1, 0.15) is 11.4 Å². The molecule has 0 bridgehead atoms. The molecule has 3 rings (SSSR count). The maximum Gasteiger partial charge on any atom is 0.333 e. The lowest BCUT2D eigenvalue weighted by molar-refractivity contribution is -0.113. The normalized spacial score (nSPS) is 16.9. The summed E-state index contributed by atoms with van der Waals surface area (Å²) in [6.45, 7) is 4.08. The van der Waals surface area contributed by atoms with Crippen LogP contribution in [0.3, 0.4) is 0 Å². The first-order valence-electron chi connectivity index (χ1n) is 8.27. The van der Waals surface area contributed by atoms with Crippen molar-refractivity contribution in [1.29, 1.82) is 0 Å². The Labute approximate surface area is 146 Å². The summed E-state index contributed by atoms with van der Waals surface area (Å²) in [5.74, 6) is 0.417. The molecule has 1 N–H and O–H groups in total. The number of carbonyl (C=O) groups is 2. The Hall–Kier alpha value is -3.08. The molecule has 25 heavy (non-hydrogen) atoms. The van der Waals surface area contributed by atoms with E-state index in [1.54, 1.807) is 30.3 Å². The number of hydrogen-bond acceptors (Lipinski definition) is 3. The molecule has 1 heterocycles. The van der Waals surface area contributed by atoms with Crippen molar-refractivity contribution in [3.05, 3.63) is 65.9 Å². The van der Waals surface area contributed by atoms with Gasteiger partial charge in [0.15, 0.2) is 0 Å². The molecule has 0 aromatic heterocycles. The minimum Gasteiger partial charge on any atom is -0.491 e. The van der Waals surface area contributed by atoms with Crippen molar-refractivity contribution in [2.45, 2.75) is 26.4 Å². The third-order valence-corrected chi connectivity index (χ3v) is 4.00.